The summed E-state index contributed by atoms with van der Waals surface area (Å²) < 4.78 is 26.2. The standard InChI is InChI=1S/C12H17NO3S/c1-13-9-7-11-3-5-12(6-4-11)8-10-16-17(2,14)15/h3-6,9H,7-8,10H2,1-2H3/b13-9+. The monoisotopic (exact) mass is 255 g/mol. The summed E-state index contributed by atoms with van der Waals surface area (Å²) >= 11 is 0. The number of hydrogen-bond donors (Lipinski definition) is 0. The van der Waals surface area contributed by atoms with E-state index in [4.69, 9.17) is 0 Å². The lowest BCUT2D eigenvalue weighted by molar-refractivity contribution is 0.326. The summed E-state index contributed by atoms with van der Waals surface area (Å²) in [4.78, 5) is 3.92. The molecule has 5 heteroatoms. The molecule has 0 amide bonds. The van der Waals surface area contributed by atoms with Crippen molar-refractivity contribution in [2.24, 2.45) is 4.99 Å². The molecular weight excluding hydrogens is 238 g/mol. The number of aliphatic imine (C=N–C) groups is 1. The van der Waals surface area contributed by atoms with E-state index >= 15 is 0 Å². The van der Waals surface area contributed by atoms with Gasteiger partial charge in [-0.05, 0) is 17.5 Å². The molecule has 1 rings (SSSR count). The highest BCUT2D eigenvalue weighted by Crippen LogP contribution is 2.06. The number of benzene rings is 1. The van der Waals surface area contributed by atoms with E-state index in [-0.39, 0.29) is 6.61 Å². The van der Waals surface area contributed by atoms with Crippen molar-refractivity contribution in [1.82, 2.24) is 0 Å². The quantitative estimate of drug-likeness (QED) is 0.571. The van der Waals surface area contributed by atoms with Crippen LogP contribution in [0.25, 0.3) is 0 Å². The van der Waals surface area contributed by atoms with Crippen LogP contribution in [0.3, 0.4) is 0 Å². The molecule has 0 N–H and O–H groups in total. The van der Waals surface area contributed by atoms with Crippen LogP contribution < -0.4 is 0 Å². The molecule has 17 heavy (non-hydrogen) atoms. The zero-order chi connectivity index (χ0) is 12.7. The summed E-state index contributed by atoms with van der Waals surface area (Å²) in [6.45, 7) is 0.189. The highest BCUT2D eigenvalue weighted by molar-refractivity contribution is 7.85. The third-order valence-electron chi connectivity index (χ3n) is 2.22. The largest absolute Gasteiger partial charge is 0.301 e. The van der Waals surface area contributed by atoms with Crippen molar-refractivity contribution in [3.8, 4) is 0 Å². The van der Waals surface area contributed by atoms with Crippen molar-refractivity contribution in [2.75, 3.05) is 19.9 Å². The molecule has 0 spiro atoms. The second-order valence-corrected chi connectivity index (χ2v) is 5.38. The fourth-order valence-corrected chi connectivity index (χ4v) is 1.74. The van der Waals surface area contributed by atoms with Crippen molar-refractivity contribution in [3.05, 3.63) is 35.4 Å². The molecule has 0 radical (unpaired) electrons. The molecule has 0 heterocycles. The van der Waals surface area contributed by atoms with Gasteiger partial charge in [0.05, 0.1) is 12.9 Å². The second kappa shape index (κ2) is 6.51. The molecule has 0 saturated carbocycles. The fourth-order valence-electron chi connectivity index (χ4n) is 1.35. The maximum atomic E-state index is 10.8. The molecule has 0 aliphatic rings. The minimum Gasteiger partial charge on any atom is -0.301 e. The van der Waals surface area contributed by atoms with Gasteiger partial charge in [-0.25, -0.2) is 0 Å². The topological polar surface area (TPSA) is 55.7 Å². The van der Waals surface area contributed by atoms with Gasteiger partial charge in [-0.1, -0.05) is 24.3 Å². The summed E-state index contributed by atoms with van der Waals surface area (Å²) in [7, 11) is -1.58. The van der Waals surface area contributed by atoms with Crippen LogP contribution in [-0.2, 0) is 27.1 Å². The first-order valence-electron chi connectivity index (χ1n) is 5.34. The molecule has 1 aromatic carbocycles. The predicted molar refractivity (Wildman–Crippen MR) is 69.1 cm³/mol. The Balaban J connectivity index is 2.45. The Morgan fingerprint density at radius 3 is 2.35 bits per heavy atom. The van der Waals surface area contributed by atoms with Crippen LogP contribution in [0.2, 0.25) is 0 Å². The number of rotatable bonds is 6. The van der Waals surface area contributed by atoms with E-state index in [1.165, 1.54) is 5.56 Å². The van der Waals surface area contributed by atoms with Gasteiger partial charge in [-0.15, -0.1) is 0 Å². The van der Waals surface area contributed by atoms with Gasteiger partial charge in [0, 0.05) is 19.7 Å². The van der Waals surface area contributed by atoms with Gasteiger partial charge in [0.25, 0.3) is 10.1 Å². The number of hydrogen-bond acceptors (Lipinski definition) is 4. The van der Waals surface area contributed by atoms with Gasteiger partial charge in [-0.3, -0.25) is 4.18 Å². The van der Waals surface area contributed by atoms with E-state index < -0.39 is 10.1 Å². The molecule has 0 bridgehead atoms. The Kier molecular flexibility index (Phi) is 5.31. The van der Waals surface area contributed by atoms with E-state index in [1.807, 2.05) is 30.5 Å². The second-order valence-electron chi connectivity index (χ2n) is 3.74. The van der Waals surface area contributed by atoms with Crippen LogP contribution in [0.4, 0.5) is 0 Å². The molecule has 0 aromatic heterocycles. The van der Waals surface area contributed by atoms with Crippen molar-refractivity contribution in [2.45, 2.75) is 12.8 Å². The Hall–Kier alpha value is -1.20. The molecule has 0 aliphatic carbocycles. The van der Waals surface area contributed by atoms with Gasteiger partial charge in [0.1, 0.15) is 0 Å². The third-order valence-corrected chi connectivity index (χ3v) is 2.82. The lowest BCUT2D eigenvalue weighted by atomic mass is 10.1. The normalized spacial score (nSPS) is 12.1. The zero-order valence-corrected chi connectivity index (χ0v) is 10.9. The molecular formula is C12H17NO3S. The molecule has 0 fully saturated rings. The first kappa shape index (κ1) is 13.9. The minimum atomic E-state index is -3.33. The molecule has 0 aliphatic heterocycles. The smallest absolute Gasteiger partial charge is 0.264 e. The van der Waals surface area contributed by atoms with Crippen LogP contribution >= 0.6 is 0 Å². The summed E-state index contributed by atoms with van der Waals surface area (Å²) in [5, 5.41) is 0. The first-order valence-corrected chi connectivity index (χ1v) is 7.16. The summed E-state index contributed by atoms with van der Waals surface area (Å²) in [5.74, 6) is 0. The third kappa shape index (κ3) is 6.19. The summed E-state index contributed by atoms with van der Waals surface area (Å²) in [5.41, 5.74) is 2.24. The molecule has 1 aromatic rings. The lowest BCUT2D eigenvalue weighted by Gasteiger charge is -2.03. The van der Waals surface area contributed by atoms with Gasteiger partial charge in [0.15, 0.2) is 0 Å². The van der Waals surface area contributed by atoms with E-state index in [9.17, 15) is 8.42 Å². The van der Waals surface area contributed by atoms with Crippen molar-refractivity contribution >= 4 is 16.3 Å². The van der Waals surface area contributed by atoms with Crippen LogP contribution in [0.15, 0.2) is 29.3 Å². The van der Waals surface area contributed by atoms with E-state index in [0.29, 0.717) is 6.42 Å². The van der Waals surface area contributed by atoms with Crippen molar-refractivity contribution in [3.63, 3.8) is 0 Å². The van der Waals surface area contributed by atoms with Crippen molar-refractivity contribution < 1.29 is 12.6 Å². The molecule has 0 saturated heterocycles. The minimum absolute atomic E-state index is 0.189. The van der Waals surface area contributed by atoms with Gasteiger partial charge in [-0.2, -0.15) is 8.42 Å². The first-order chi connectivity index (χ1) is 8.01. The Morgan fingerprint density at radius 2 is 1.82 bits per heavy atom. The molecule has 94 valence electrons. The van der Waals surface area contributed by atoms with Gasteiger partial charge < -0.3 is 4.99 Å². The molecule has 0 atom stereocenters. The fraction of sp³-hybridized carbons (Fsp3) is 0.417. The molecule has 0 unspecified atom stereocenters. The maximum Gasteiger partial charge on any atom is 0.264 e. The Labute approximate surface area is 102 Å². The summed E-state index contributed by atoms with van der Waals surface area (Å²) in [6, 6.07) is 7.98. The zero-order valence-electron chi connectivity index (χ0n) is 10.1. The Bertz CT molecular complexity index is 463. The van der Waals surface area contributed by atoms with E-state index in [2.05, 4.69) is 9.18 Å². The average Bonchev–Trinajstić information content (AvgIpc) is 2.26. The van der Waals surface area contributed by atoms with Crippen LogP contribution in [0.1, 0.15) is 11.1 Å². The number of nitrogens with zero attached hydrogens (tertiary/aromatic N) is 1. The Morgan fingerprint density at radius 1 is 1.24 bits per heavy atom. The lowest BCUT2D eigenvalue weighted by Crippen LogP contribution is -2.06. The summed E-state index contributed by atoms with van der Waals surface area (Å²) in [6.07, 6.45) is 4.31. The highest BCUT2D eigenvalue weighted by atomic mass is 32.2. The van der Waals surface area contributed by atoms with Crippen molar-refractivity contribution in [1.29, 1.82) is 0 Å². The maximum absolute atomic E-state index is 10.8. The van der Waals surface area contributed by atoms with E-state index in [0.717, 1.165) is 18.2 Å². The predicted octanol–water partition coefficient (Wildman–Crippen LogP) is 1.45. The highest BCUT2D eigenvalue weighted by Gasteiger charge is 2.01. The van der Waals surface area contributed by atoms with Gasteiger partial charge in [0.2, 0.25) is 0 Å². The molecule has 4 nitrogen and oxygen atoms in total. The van der Waals surface area contributed by atoms with E-state index in [1.54, 1.807) is 7.05 Å². The van der Waals surface area contributed by atoms with Crippen LogP contribution in [-0.4, -0.2) is 34.5 Å². The average molecular weight is 255 g/mol. The van der Waals surface area contributed by atoms with Crippen LogP contribution in [0, 0.1) is 0 Å². The SMILES string of the molecule is C/N=C/Cc1ccc(CCOS(C)(=O)=O)cc1. The van der Waals surface area contributed by atoms with Crippen LogP contribution in [0.5, 0.6) is 0 Å². The van der Waals surface area contributed by atoms with Gasteiger partial charge >= 0.3 is 0 Å².